The number of methoxy groups -OCH3 is 2. The third kappa shape index (κ3) is 10.9. The van der Waals surface area contributed by atoms with E-state index in [2.05, 4.69) is 36.0 Å². The molecule has 0 unspecified atom stereocenters. The number of aryl methyl sites for hydroxylation is 4. The van der Waals surface area contributed by atoms with Gasteiger partial charge in [-0.1, -0.05) is 18.2 Å². The lowest BCUT2D eigenvalue weighted by molar-refractivity contribution is -0.140. The van der Waals surface area contributed by atoms with Crippen LogP contribution in [0.4, 0.5) is 17.6 Å². The highest BCUT2D eigenvalue weighted by Crippen LogP contribution is 2.33. The van der Waals surface area contributed by atoms with Crippen molar-refractivity contribution in [2.24, 2.45) is 11.5 Å². The maximum atomic E-state index is 13.9. The smallest absolute Gasteiger partial charge is 0.307 e. The number of nitrogens with zero attached hydrogens (tertiary/aromatic N) is 10. The van der Waals surface area contributed by atoms with Crippen LogP contribution in [0.25, 0.3) is 22.1 Å². The first-order valence-electron chi connectivity index (χ1n) is 21.9. The fraction of sp³-hybridized carbons (Fsp3) is 0.304. The molecule has 360 valence electrons. The summed E-state index contributed by atoms with van der Waals surface area (Å²) in [5.74, 6) is -1.77. The summed E-state index contributed by atoms with van der Waals surface area (Å²) >= 11 is 0. The zero-order valence-corrected chi connectivity index (χ0v) is 39.0. The SMILES string of the molecule is CCn1nc(C)cc1C(=O)Nc1nc2cc(C(N)=O)cc(OC)c2n1C/C=C/Cn1c(NC(=O)c2cc(C)nn2CC)nc2cc(C(N)=O)cc(OC/C=C/Cn3cc(NCCC(=O)OC)cn3)c21. The molecule has 0 bridgehead atoms. The van der Waals surface area contributed by atoms with Crippen LogP contribution in [0.5, 0.6) is 11.5 Å². The number of carbonyl (C=O) groups excluding carboxylic acids is 5. The summed E-state index contributed by atoms with van der Waals surface area (Å²) in [5.41, 5.74) is 16.0. The van der Waals surface area contributed by atoms with Gasteiger partial charge in [-0.05, 0) is 70.2 Å². The number of anilines is 3. The van der Waals surface area contributed by atoms with Crippen molar-refractivity contribution in [1.29, 1.82) is 0 Å². The summed E-state index contributed by atoms with van der Waals surface area (Å²) in [4.78, 5) is 73.4. The standard InChI is InChI=1S/C46H53N15O8/c1-7-60-34(19-27(3)55-60)43(65)53-45-51-32-21-29(41(47)63)23-36(67-5)39(32)58(45)16-9-10-17-59-40-33(52-46(59)54-44(66)35-20-28(4)56-61(35)8-2)22-30(42(48)64)24-37(40)69-18-12-11-15-57-26-31(25-50-57)49-14-13-38(62)68-6/h9-12,19-26,49H,7-8,13-18H2,1-6H3,(H2,47,63)(H2,48,64)(H,51,53,65)(H,52,54,66)/b10-9+,12-11+. The number of amides is 4. The Balaban J connectivity index is 1.21. The van der Waals surface area contributed by atoms with Crippen molar-refractivity contribution in [2.45, 2.75) is 66.8 Å². The maximum Gasteiger partial charge on any atom is 0.307 e. The van der Waals surface area contributed by atoms with Crippen molar-refractivity contribution < 1.29 is 38.2 Å². The number of nitrogens with one attached hydrogen (secondary N) is 3. The lowest BCUT2D eigenvalue weighted by Gasteiger charge is -2.13. The van der Waals surface area contributed by atoms with E-state index in [0.29, 0.717) is 76.8 Å². The van der Waals surface area contributed by atoms with Crippen molar-refractivity contribution in [2.75, 3.05) is 43.3 Å². The van der Waals surface area contributed by atoms with Crippen LogP contribution >= 0.6 is 0 Å². The number of hydrogen-bond acceptors (Lipinski definition) is 14. The van der Waals surface area contributed by atoms with Gasteiger partial charge < -0.3 is 40.1 Å². The minimum absolute atomic E-state index is 0.0700. The van der Waals surface area contributed by atoms with Gasteiger partial charge >= 0.3 is 5.97 Å². The maximum absolute atomic E-state index is 13.9. The zero-order valence-electron chi connectivity index (χ0n) is 39.0. The summed E-state index contributed by atoms with van der Waals surface area (Å²) in [6, 6.07) is 9.42. The molecule has 0 aliphatic carbocycles. The molecule has 4 amide bonds. The number of rotatable bonds is 22. The topological polar surface area (TPSA) is 290 Å². The van der Waals surface area contributed by atoms with Gasteiger partial charge in [-0.2, -0.15) is 15.3 Å². The molecule has 7 rings (SSSR count). The van der Waals surface area contributed by atoms with E-state index in [1.54, 1.807) is 67.6 Å². The number of nitrogens with two attached hydrogens (primary N) is 2. The van der Waals surface area contributed by atoms with Crippen LogP contribution in [0.3, 0.4) is 0 Å². The first-order chi connectivity index (χ1) is 33.2. The molecule has 7 N–H and O–H groups in total. The Morgan fingerprint density at radius 3 is 1.72 bits per heavy atom. The highest BCUT2D eigenvalue weighted by atomic mass is 16.5. The van der Waals surface area contributed by atoms with Gasteiger partial charge in [0, 0.05) is 50.0 Å². The average molecular weight is 944 g/mol. The van der Waals surface area contributed by atoms with Gasteiger partial charge in [0.1, 0.15) is 40.5 Å². The number of imidazole rings is 2. The Labute approximate surface area is 395 Å². The van der Waals surface area contributed by atoms with E-state index in [-0.39, 0.29) is 60.9 Å². The van der Waals surface area contributed by atoms with Crippen LogP contribution < -0.4 is 36.9 Å². The number of carbonyl (C=O) groups is 5. The van der Waals surface area contributed by atoms with Gasteiger partial charge in [0.05, 0.1) is 61.5 Å². The van der Waals surface area contributed by atoms with E-state index in [1.807, 2.05) is 32.1 Å². The Hall–Kier alpha value is -8.76. The average Bonchev–Trinajstić information content (AvgIpc) is 4.17. The van der Waals surface area contributed by atoms with Crippen molar-refractivity contribution in [1.82, 2.24) is 48.4 Å². The molecule has 0 saturated heterocycles. The molecular formula is C46H53N15O8. The predicted octanol–water partition coefficient (Wildman–Crippen LogP) is 4.21. The molecule has 2 aromatic carbocycles. The van der Waals surface area contributed by atoms with E-state index in [1.165, 1.54) is 38.5 Å². The number of allylic oxidation sites excluding steroid dienone is 3. The summed E-state index contributed by atoms with van der Waals surface area (Å²) in [7, 11) is 2.79. The van der Waals surface area contributed by atoms with Gasteiger partial charge in [-0.25, -0.2) is 9.97 Å². The molecule has 23 heteroatoms. The minimum Gasteiger partial charge on any atom is -0.494 e. The molecule has 0 aliphatic rings. The van der Waals surface area contributed by atoms with Crippen molar-refractivity contribution in [3.05, 3.63) is 107 Å². The molecule has 5 heterocycles. The lowest BCUT2D eigenvalue weighted by atomic mass is 10.1. The molecule has 0 radical (unpaired) electrons. The van der Waals surface area contributed by atoms with Gasteiger partial charge in [-0.3, -0.25) is 48.7 Å². The zero-order chi connectivity index (χ0) is 49.4. The fourth-order valence-electron chi connectivity index (χ4n) is 7.54. The molecule has 0 saturated carbocycles. The van der Waals surface area contributed by atoms with E-state index in [4.69, 9.17) is 30.9 Å². The monoisotopic (exact) mass is 943 g/mol. The third-order valence-corrected chi connectivity index (χ3v) is 10.8. The fourth-order valence-corrected chi connectivity index (χ4v) is 7.54. The molecule has 5 aromatic heterocycles. The Bertz CT molecular complexity index is 3130. The van der Waals surface area contributed by atoms with Crippen LogP contribution in [0.1, 0.15) is 73.3 Å². The summed E-state index contributed by atoms with van der Waals surface area (Å²) in [6.45, 7) is 9.36. The number of aromatic nitrogens is 10. The van der Waals surface area contributed by atoms with Crippen LogP contribution in [0.15, 0.2) is 73.1 Å². The Morgan fingerprint density at radius 1 is 0.696 bits per heavy atom. The molecular weight excluding hydrogens is 891 g/mol. The van der Waals surface area contributed by atoms with Gasteiger partial charge in [-0.15, -0.1) is 0 Å². The van der Waals surface area contributed by atoms with E-state index in [9.17, 15) is 24.0 Å². The second-order valence-electron chi connectivity index (χ2n) is 15.5. The van der Waals surface area contributed by atoms with Crippen LogP contribution in [-0.2, 0) is 42.3 Å². The third-order valence-electron chi connectivity index (χ3n) is 10.8. The summed E-state index contributed by atoms with van der Waals surface area (Å²) in [6.07, 6.45) is 10.9. The Kier molecular flexibility index (Phi) is 14.8. The summed E-state index contributed by atoms with van der Waals surface area (Å²) in [5, 5.41) is 22.1. The number of hydrogen-bond donors (Lipinski definition) is 5. The van der Waals surface area contributed by atoms with E-state index >= 15 is 0 Å². The van der Waals surface area contributed by atoms with Gasteiger partial charge in [0.2, 0.25) is 23.7 Å². The minimum atomic E-state index is -0.711. The molecule has 0 atom stereocenters. The molecule has 0 aliphatic heterocycles. The van der Waals surface area contributed by atoms with E-state index < -0.39 is 23.6 Å². The Morgan fingerprint density at radius 2 is 1.22 bits per heavy atom. The molecule has 23 nitrogen and oxygen atoms in total. The lowest BCUT2D eigenvalue weighted by Crippen LogP contribution is -2.20. The molecule has 69 heavy (non-hydrogen) atoms. The number of esters is 1. The number of ether oxygens (including phenoxy) is 3. The van der Waals surface area contributed by atoms with Crippen LogP contribution in [-0.4, -0.2) is 105 Å². The molecule has 0 spiro atoms. The van der Waals surface area contributed by atoms with Crippen molar-refractivity contribution >= 4 is 69.2 Å². The highest BCUT2D eigenvalue weighted by Gasteiger charge is 2.24. The van der Waals surface area contributed by atoms with Gasteiger partial charge in [0.15, 0.2) is 0 Å². The van der Waals surface area contributed by atoms with E-state index in [0.717, 1.165) is 5.69 Å². The molecule has 0 fully saturated rings. The second-order valence-corrected chi connectivity index (χ2v) is 15.5. The molecule has 7 aromatic rings. The first kappa shape index (κ1) is 48.2. The van der Waals surface area contributed by atoms with Crippen LogP contribution in [0.2, 0.25) is 0 Å². The predicted molar refractivity (Wildman–Crippen MR) is 255 cm³/mol. The summed E-state index contributed by atoms with van der Waals surface area (Å²) < 4.78 is 25.0. The normalized spacial score (nSPS) is 11.5. The van der Waals surface area contributed by atoms with Crippen molar-refractivity contribution in [3.8, 4) is 11.5 Å². The first-order valence-corrected chi connectivity index (χ1v) is 21.9. The van der Waals surface area contributed by atoms with Gasteiger partial charge in [0.25, 0.3) is 11.8 Å². The highest BCUT2D eigenvalue weighted by molar-refractivity contribution is 6.05. The number of primary amides is 2. The number of benzene rings is 2. The largest absolute Gasteiger partial charge is 0.494 e. The van der Waals surface area contributed by atoms with Crippen LogP contribution in [0, 0.1) is 13.8 Å². The van der Waals surface area contributed by atoms with Crippen molar-refractivity contribution in [3.63, 3.8) is 0 Å². The quantitative estimate of drug-likeness (QED) is 0.0470. The second kappa shape index (κ2) is 21.3. The number of fused-ring (bicyclic) bond motifs is 2.